The molecule has 0 amide bonds. The van der Waals surface area contributed by atoms with Crippen LogP contribution in [0.25, 0.3) is 0 Å². The van der Waals surface area contributed by atoms with Gasteiger partial charge in [-0.15, -0.1) is 0 Å². The number of carbonyl (C=O) groups is 2. The Balaban J connectivity index is 2.58. The van der Waals surface area contributed by atoms with Crippen LogP contribution in [0.15, 0.2) is 30.3 Å². The molecule has 1 atom stereocenters. The highest BCUT2D eigenvalue weighted by molar-refractivity contribution is 8.15. The van der Waals surface area contributed by atoms with E-state index >= 15 is 0 Å². The van der Waals surface area contributed by atoms with E-state index in [1.54, 1.807) is 31.2 Å². The van der Waals surface area contributed by atoms with E-state index in [0.717, 1.165) is 11.8 Å². The number of hydrogen-bond acceptors (Lipinski definition) is 6. The van der Waals surface area contributed by atoms with E-state index in [1.165, 1.54) is 0 Å². The van der Waals surface area contributed by atoms with Gasteiger partial charge in [0.1, 0.15) is 11.4 Å². The van der Waals surface area contributed by atoms with E-state index in [0.29, 0.717) is 5.56 Å². The van der Waals surface area contributed by atoms with Gasteiger partial charge in [0.15, 0.2) is 0 Å². The van der Waals surface area contributed by atoms with Gasteiger partial charge in [-0.2, -0.15) is 5.26 Å². The zero-order chi connectivity index (χ0) is 15.7. The predicted octanol–water partition coefficient (Wildman–Crippen LogP) is 2.16. The Labute approximate surface area is 127 Å². The van der Waals surface area contributed by atoms with Gasteiger partial charge in [-0.05, 0) is 13.3 Å². The lowest BCUT2D eigenvalue weighted by atomic mass is 10.1. The highest BCUT2D eigenvalue weighted by atomic mass is 32.2. The van der Waals surface area contributed by atoms with Crippen molar-refractivity contribution in [2.45, 2.75) is 24.5 Å². The summed E-state index contributed by atoms with van der Waals surface area (Å²) in [7, 11) is 0. The lowest BCUT2D eigenvalue weighted by Gasteiger charge is -2.19. The summed E-state index contributed by atoms with van der Waals surface area (Å²) in [6, 6.07) is 10.8. The van der Waals surface area contributed by atoms with Crippen molar-refractivity contribution < 1.29 is 19.4 Å². The molecule has 21 heavy (non-hydrogen) atoms. The molecule has 1 N–H and O–H groups in total. The fourth-order valence-corrected chi connectivity index (χ4v) is 2.45. The molecule has 1 unspecified atom stereocenters. The predicted molar refractivity (Wildman–Crippen MR) is 79.7 cm³/mol. The molecule has 6 heteroatoms. The third kappa shape index (κ3) is 5.98. The number of carbonyl (C=O) groups excluding carboxylic acids is 2. The number of benzene rings is 1. The first kappa shape index (κ1) is 17.2. The minimum absolute atomic E-state index is 0.0269. The van der Waals surface area contributed by atoms with Crippen molar-refractivity contribution in [3.63, 3.8) is 0 Å². The van der Waals surface area contributed by atoms with Gasteiger partial charge in [-0.3, -0.25) is 9.59 Å². The molecule has 0 saturated carbocycles. The summed E-state index contributed by atoms with van der Waals surface area (Å²) in [6.07, 6.45) is 0.232. The average Bonchev–Trinajstić information content (AvgIpc) is 2.51. The fraction of sp³-hybridized carbons (Fsp3) is 0.400. The zero-order valence-corrected chi connectivity index (χ0v) is 12.6. The quantitative estimate of drug-likeness (QED) is 0.777. The monoisotopic (exact) mass is 307 g/mol. The largest absolute Gasteiger partial charge is 0.463 e. The van der Waals surface area contributed by atoms with Crippen molar-refractivity contribution in [3.05, 3.63) is 35.9 Å². The third-order valence-electron chi connectivity index (χ3n) is 2.72. The van der Waals surface area contributed by atoms with Gasteiger partial charge in [-0.1, -0.05) is 42.1 Å². The van der Waals surface area contributed by atoms with Crippen LogP contribution in [0.3, 0.4) is 0 Å². The summed E-state index contributed by atoms with van der Waals surface area (Å²) in [5.74, 6) is -0.488. The Morgan fingerprint density at radius 1 is 1.38 bits per heavy atom. The number of aliphatic hydroxyl groups is 1. The Kier molecular flexibility index (Phi) is 6.92. The van der Waals surface area contributed by atoms with Crippen molar-refractivity contribution >= 4 is 22.8 Å². The number of hydrogen-bond donors (Lipinski definition) is 1. The molecule has 0 aliphatic carbocycles. The number of esters is 1. The molecule has 0 saturated heterocycles. The Morgan fingerprint density at radius 3 is 2.62 bits per heavy atom. The maximum absolute atomic E-state index is 12.1. The lowest BCUT2D eigenvalue weighted by molar-refractivity contribution is -0.144. The number of nitriles is 1. The second-order valence-electron chi connectivity index (χ2n) is 4.54. The Hall–Kier alpha value is -1.84. The summed E-state index contributed by atoms with van der Waals surface area (Å²) in [5, 5.41) is 17.6. The minimum Gasteiger partial charge on any atom is -0.463 e. The van der Waals surface area contributed by atoms with Crippen LogP contribution in [0.2, 0.25) is 0 Å². The molecule has 0 aromatic heterocycles. The SMILES string of the molecule is CC(C#N)(CCC(=O)OCCO)SC(=O)c1ccccc1. The summed E-state index contributed by atoms with van der Waals surface area (Å²) >= 11 is 0.909. The van der Waals surface area contributed by atoms with Crippen molar-refractivity contribution in [2.24, 2.45) is 0 Å². The summed E-state index contributed by atoms with van der Waals surface area (Å²) < 4.78 is 3.73. The van der Waals surface area contributed by atoms with Crippen LogP contribution in [0.4, 0.5) is 0 Å². The van der Waals surface area contributed by atoms with Gasteiger partial charge in [0.05, 0.1) is 12.7 Å². The summed E-state index contributed by atoms with van der Waals surface area (Å²) in [5.41, 5.74) is 0.520. The fourth-order valence-electron chi connectivity index (χ4n) is 1.54. The van der Waals surface area contributed by atoms with Gasteiger partial charge >= 0.3 is 5.97 Å². The molecule has 0 aliphatic rings. The number of thioether (sulfide) groups is 1. The average molecular weight is 307 g/mol. The second-order valence-corrected chi connectivity index (χ2v) is 6.02. The van der Waals surface area contributed by atoms with Gasteiger partial charge in [0, 0.05) is 12.0 Å². The first-order valence-corrected chi connectivity index (χ1v) is 7.28. The Morgan fingerprint density at radius 2 is 2.05 bits per heavy atom. The third-order valence-corrected chi connectivity index (χ3v) is 3.89. The van der Waals surface area contributed by atoms with Crippen LogP contribution in [0, 0.1) is 11.3 Å². The molecule has 112 valence electrons. The van der Waals surface area contributed by atoms with E-state index in [2.05, 4.69) is 6.07 Å². The van der Waals surface area contributed by atoms with Crippen LogP contribution in [0.1, 0.15) is 30.1 Å². The molecule has 0 bridgehead atoms. The smallest absolute Gasteiger partial charge is 0.305 e. The van der Waals surface area contributed by atoms with Gasteiger partial charge in [-0.25, -0.2) is 0 Å². The molecule has 1 aromatic rings. The first-order chi connectivity index (χ1) is 10.0. The van der Waals surface area contributed by atoms with Crippen LogP contribution >= 0.6 is 11.8 Å². The molecular weight excluding hydrogens is 290 g/mol. The van der Waals surface area contributed by atoms with E-state index in [1.807, 2.05) is 6.07 Å². The molecule has 0 spiro atoms. The highest BCUT2D eigenvalue weighted by Crippen LogP contribution is 2.32. The molecule has 1 rings (SSSR count). The molecule has 0 radical (unpaired) electrons. The van der Waals surface area contributed by atoms with E-state index in [9.17, 15) is 14.9 Å². The van der Waals surface area contributed by atoms with Gasteiger partial charge in [0.25, 0.3) is 0 Å². The van der Waals surface area contributed by atoms with E-state index in [4.69, 9.17) is 9.84 Å². The number of ether oxygens (including phenoxy) is 1. The van der Waals surface area contributed by atoms with Crippen LogP contribution in [-0.4, -0.2) is 34.2 Å². The van der Waals surface area contributed by atoms with Crippen LogP contribution < -0.4 is 0 Å². The molecule has 0 fully saturated rings. The topological polar surface area (TPSA) is 87.4 Å². The Bertz CT molecular complexity index is 526. The molecule has 0 aliphatic heterocycles. The van der Waals surface area contributed by atoms with Crippen molar-refractivity contribution in [3.8, 4) is 6.07 Å². The standard InChI is InChI=1S/C15H17NO4S/c1-15(11-16,8-7-13(18)20-10-9-17)21-14(19)12-5-3-2-4-6-12/h2-6,17H,7-10H2,1H3. The zero-order valence-electron chi connectivity index (χ0n) is 11.7. The summed E-state index contributed by atoms with van der Waals surface area (Å²) in [6.45, 7) is 1.33. The minimum atomic E-state index is -0.995. The lowest BCUT2D eigenvalue weighted by Crippen LogP contribution is -2.22. The normalized spacial score (nSPS) is 13.0. The molecule has 1 aromatic carbocycles. The highest BCUT2D eigenvalue weighted by Gasteiger charge is 2.29. The van der Waals surface area contributed by atoms with E-state index < -0.39 is 10.7 Å². The van der Waals surface area contributed by atoms with Crippen molar-refractivity contribution in [1.29, 1.82) is 5.26 Å². The van der Waals surface area contributed by atoms with Crippen LogP contribution in [-0.2, 0) is 9.53 Å². The molecule has 0 heterocycles. The maximum atomic E-state index is 12.1. The number of nitrogens with zero attached hydrogens (tertiary/aromatic N) is 1. The van der Waals surface area contributed by atoms with Gasteiger partial charge < -0.3 is 9.84 Å². The summed E-state index contributed by atoms with van der Waals surface area (Å²) in [4.78, 5) is 23.5. The van der Waals surface area contributed by atoms with Crippen LogP contribution in [0.5, 0.6) is 0 Å². The molecular formula is C15H17NO4S. The number of aliphatic hydroxyl groups excluding tert-OH is 1. The maximum Gasteiger partial charge on any atom is 0.305 e. The van der Waals surface area contributed by atoms with Crippen molar-refractivity contribution in [2.75, 3.05) is 13.2 Å². The first-order valence-electron chi connectivity index (χ1n) is 6.47. The van der Waals surface area contributed by atoms with Gasteiger partial charge in [0.2, 0.25) is 5.12 Å². The second kappa shape index (κ2) is 8.45. The number of rotatable bonds is 7. The molecule has 5 nitrogen and oxygen atoms in total. The van der Waals surface area contributed by atoms with E-state index in [-0.39, 0.29) is 31.2 Å². The van der Waals surface area contributed by atoms with Crippen molar-refractivity contribution in [1.82, 2.24) is 0 Å².